The van der Waals surface area contributed by atoms with Crippen LogP contribution in [0, 0.1) is 13.8 Å². The summed E-state index contributed by atoms with van der Waals surface area (Å²) in [5, 5.41) is 4.04. The first-order valence-corrected chi connectivity index (χ1v) is 8.85. The maximum absolute atomic E-state index is 12.2. The van der Waals surface area contributed by atoms with Crippen molar-refractivity contribution in [3.05, 3.63) is 58.1 Å². The average molecular weight is 367 g/mol. The molecule has 0 saturated carbocycles. The molecule has 0 spiro atoms. The number of fused-ring (bicyclic) bond motifs is 1. The van der Waals surface area contributed by atoms with Crippen molar-refractivity contribution in [3.63, 3.8) is 0 Å². The van der Waals surface area contributed by atoms with E-state index in [0.29, 0.717) is 18.0 Å². The fraction of sp³-hybridized carbons (Fsp3) is 0.333. The van der Waals surface area contributed by atoms with Gasteiger partial charge in [-0.15, -0.1) is 0 Å². The number of ether oxygens (including phenoxy) is 2. The highest BCUT2D eigenvalue weighted by Gasteiger charge is 2.21. The lowest BCUT2D eigenvalue weighted by Crippen LogP contribution is -2.32. The van der Waals surface area contributed by atoms with Gasteiger partial charge in [0.15, 0.2) is 11.5 Å². The van der Waals surface area contributed by atoms with Crippen molar-refractivity contribution in [2.45, 2.75) is 26.9 Å². The summed E-state index contributed by atoms with van der Waals surface area (Å²) in [5.41, 5.74) is 8.60. The maximum Gasteiger partial charge on any atom is 0.254 e. The molecule has 2 aromatic rings. The number of aryl methyl sites for hydroxylation is 2. The fourth-order valence-electron chi connectivity index (χ4n) is 3.23. The molecular weight excluding hydrogens is 342 g/mol. The van der Waals surface area contributed by atoms with Crippen molar-refractivity contribution < 1.29 is 14.3 Å². The van der Waals surface area contributed by atoms with E-state index >= 15 is 0 Å². The Labute approximate surface area is 159 Å². The topological polar surface area (TPSA) is 63.2 Å². The van der Waals surface area contributed by atoms with Crippen LogP contribution in [0.15, 0.2) is 35.4 Å². The van der Waals surface area contributed by atoms with Crippen LogP contribution in [0.1, 0.15) is 27.8 Å². The van der Waals surface area contributed by atoms with E-state index in [4.69, 9.17) is 9.47 Å². The Kier molecular flexibility index (Phi) is 5.76. The third-order valence-corrected chi connectivity index (χ3v) is 4.78. The molecule has 0 aliphatic carbocycles. The molecule has 1 amide bonds. The number of benzene rings is 2. The van der Waals surface area contributed by atoms with E-state index in [1.165, 1.54) is 22.3 Å². The van der Waals surface area contributed by atoms with Crippen LogP contribution in [0.5, 0.6) is 11.5 Å². The largest absolute Gasteiger partial charge is 0.493 e. The van der Waals surface area contributed by atoms with Crippen LogP contribution in [0.4, 0.5) is 0 Å². The van der Waals surface area contributed by atoms with Crippen molar-refractivity contribution in [2.75, 3.05) is 20.8 Å². The minimum Gasteiger partial charge on any atom is -0.493 e. The van der Waals surface area contributed by atoms with Crippen molar-refractivity contribution in [1.82, 2.24) is 10.3 Å². The number of nitrogens with one attached hydrogen (secondary N) is 1. The monoisotopic (exact) mass is 367 g/mol. The first-order valence-electron chi connectivity index (χ1n) is 8.85. The molecule has 6 heteroatoms. The normalized spacial score (nSPS) is 13.6. The summed E-state index contributed by atoms with van der Waals surface area (Å²) in [5.74, 6) is 1.14. The van der Waals surface area contributed by atoms with Crippen LogP contribution in [0.25, 0.3) is 0 Å². The zero-order valence-corrected chi connectivity index (χ0v) is 16.2. The molecule has 0 fully saturated rings. The van der Waals surface area contributed by atoms with E-state index < -0.39 is 0 Å². The summed E-state index contributed by atoms with van der Waals surface area (Å²) >= 11 is 0. The van der Waals surface area contributed by atoms with Crippen molar-refractivity contribution in [3.8, 4) is 11.5 Å². The van der Waals surface area contributed by atoms with Crippen LogP contribution in [0.3, 0.4) is 0 Å². The van der Waals surface area contributed by atoms with E-state index in [0.717, 1.165) is 18.7 Å². The van der Waals surface area contributed by atoms with Crippen molar-refractivity contribution >= 4 is 12.1 Å². The summed E-state index contributed by atoms with van der Waals surface area (Å²) in [6.45, 7) is 6.14. The lowest BCUT2D eigenvalue weighted by atomic mass is 10.0. The molecule has 3 rings (SSSR count). The van der Waals surface area contributed by atoms with Crippen LogP contribution in [0.2, 0.25) is 0 Å². The molecule has 6 nitrogen and oxygen atoms in total. The fourth-order valence-corrected chi connectivity index (χ4v) is 3.23. The molecule has 2 aromatic carbocycles. The number of hydrazone groups is 1. The van der Waals surface area contributed by atoms with Gasteiger partial charge in [-0.25, -0.2) is 5.43 Å². The summed E-state index contributed by atoms with van der Waals surface area (Å²) in [4.78, 5) is 14.3. The minimum atomic E-state index is -0.132. The Hall–Kier alpha value is -2.86. The van der Waals surface area contributed by atoms with Gasteiger partial charge in [0.05, 0.1) is 27.0 Å². The second-order valence-electron chi connectivity index (χ2n) is 6.76. The molecule has 0 saturated heterocycles. The standard InChI is InChI=1S/C21H25N3O3/c1-14-7-17-11-24(12-18(17)8-15(14)2)13-21(25)23-22-10-16-5-6-19(26-3)20(9-16)27-4/h5-10H,11-13H2,1-4H3,(H,23,25)/b22-10-. The Morgan fingerprint density at radius 2 is 1.70 bits per heavy atom. The first kappa shape index (κ1) is 18.9. The molecule has 1 N–H and O–H groups in total. The average Bonchev–Trinajstić information content (AvgIpc) is 3.02. The number of nitrogens with zero attached hydrogens (tertiary/aromatic N) is 2. The van der Waals surface area contributed by atoms with Gasteiger partial charge in [0, 0.05) is 13.1 Å². The zero-order valence-electron chi connectivity index (χ0n) is 16.2. The molecule has 1 aliphatic rings. The summed E-state index contributed by atoms with van der Waals surface area (Å²) in [6.07, 6.45) is 1.59. The number of hydrogen-bond acceptors (Lipinski definition) is 5. The van der Waals surface area contributed by atoms with Gasteiger partial charge in [0.2, 0.25) is 0 Å². The van der Waals surface area contributed by atoms with Gasteiger partial charge in [-0.1, -0.05) is 12.1 Å². The predicted molar refractivity (Wildman–Crippen MR) is 105 cm³/mol. The van der Waals surface area contributed by atoms with Crippen LogP contribution in [-0.4, -0.2) is 37.8 Å². The molecule has 0 radical (unpaired) electrons. The number of rotatable bonds is 6. The lowest BCUT2D eigenvalue weighted by Gasteiger charge is -2.12. The minimum absolute atomic E-state index is 0.132. The SMILES string of the molecule is COc1ccc(/C=N\NC(=O)CN2Cc3cc(C)c(C)cc3C2)cc1OC. The molecule has 0 atom stereocenters. The Bertz CT molecular complexity index is 846. The third kappa shape index (κ3) is 4.46. The zero-order chi connectivity index (χ0) is 19.4. The number of carbonyl (C=O) groups excluding carboxylic acids is 1. The first-order chi connectivity index (χ1) is 13.0. The van der Waals surface area contributed by atoms with E-state index in [1.807, 2.05) is 6.07 Å². The van der Waals surface area contributed by atoms with Crippen molar-refractivity contribution in [1.29, 1.82) is 0 Å². The molecule has 142 valence electrons. The van der Waals surface area contributed by atoms with E-state index in [2.05, 4.69) is 41.4 Å². The lowest BCUT2D eigenvalue weighted by molar-refractivity contribution is -0.122. The van der Waals surface area contributed by atoms with E-state index in [-0.39, 0.29) is 5.91 Å². The molecule has 0 bridgehead atoms. The van der Waals surface area contributed by atoms with Gasteiger partial charge in [0.25, 0.3) is 5.91 Å². The maximum atomic E-state index is 12.2. The second-order valence-corrected chi connectivity index (χ2v) is 6.76. The van der Waals surface area contributed by atoms with E-state index in [9.17, 15) is 4.79 Å². The predicted octanol–water partition coefficient (Wildman–Crippen LogP) is 2.79. The Balaban J connectivity index is 1.54. The van der Waals surface area contributed by atoms with Crippen LogP contribution < -0.4 is 14.9 Å². The van der Waals surface area contributed by atoms with Crippen LogP contribution in [-0.2, 0) is 17.9 Å². The Morgan fingerprint density at radius 1 is 1.07 bits per heavy atom. The summed E-state index contributed by atoms with van der Waals surface area (Å²) < 4.78 is 10.5. The van der Waals surface area contributed by atoms with Gasteiger partial charge >= 0.3 is 0 Å². The molecule has 0 aromatic heterocycles. The van der Waals surface area contributed by atoms with Gasteiger partial charge in [-0.05, 0) is 59.9 Å². The number of carbonyl (C=O) groups is 1. The number of amides is 1. The summed E-state index contributed by atoms with van der Waals surface area (Å²) in [6, 6.07) is 9.89. The van der Waals surface area contributed by atoms with Gasteiger partial charge in [0.1, 0.15) is 0 Å². The van der Waals surface area contributed by atoms with Gasteiger partial charge in [-0.2, -0.15) is 5.10 Å². The molecule has 27 heavy (non-hydrogen) atoms. The highest BCUT2D eigenvalue weighted by Crippen LogP contribution is 2.27. The summed E-state index contributed by atoms with van der Waals surface area (Å²) in [7, 11) is 3.17. The van der Waals surface area contributed by atoms with Crippen LogP contribution >= 0.6 is 0 Å². The molecule has 1 aliphatic heterocycles. The van der Waals surface area contributed by atoms with Gasteiger partial charge in [-0.3, -0.25) is 9.69 Å². The van der Waals surface area contributed by atoms with Gasteiger partial charge < -0.3 is 9.47 Å². The third-order valence-electron chi connectivity index (χ3n) is 4.78. The quantitative estimate of drug-likeness (QED) is 0.630. The number of hydrogen-bond donors (Lipinski definition) is 1. The Morgan fingerprint density at radius 3 is 2.30 bits per heavy atom. The second kappa shape index (κ2) is 8.22. The molecule has 1 heterocycles. The van der Waals surface area contributed by atoms with E-state index in [1.54, 1.807) is 32.6 Å². The highest BCUT2D eigenvalue weighted by molar-refractivity contribution is 5.83. The smallest absolute Gasteiger partial charge is 0.254 e. The highest BCUT2D eigenvalue weighted by atomic mass is 16.5. The van der Waals surface area contributed by atoms with Crippen molar-refractivity contribution in [2.24, 2.45) is 5.10 Å². The number of methoxy groups -OCH3 is 2. The molecule has 0 unspecified atom stereocenters. The molecular formula is C21H25N3O3.